The summed E-state index contributed by atoms with van der Waals surface area (Å²) >= 11 is 0. The molecule has 0 saturated heterocycles. The molecule has 5 nitrogen and oxygen atoms in total. The Kier molecular flexibility index (Phi) is 8.68. The van der Waals surface area contributed by atoms with Crippen molar-refractivity contribution in [2.75, 3.05) is 31.4 Å². The third-order valence-corrected chi connectivity index (χ3v) is 3.26. The van der Waals surface area contributed by atoms with Crippen LogP contribution in [0.5, 0.6) is 5.75 Å². The topological polar surface area (TPSA) is 73.6 Å². The lowest BCUT2D eigenvalue weighted by molar-refractivity contribution is -0.115. The molecule has 0 aliphatic rings. The van der Waals surface area contributed by atoms with Gasteiger partial charge in [0.2, 0.25) is 5.91 Å². The van der Waals surface area contributed by atoms with Crippen LogP contribution in [-0.2, 0) is 16.0 Å². The highest BCUT2D eigenvalue weighted by Gasteiger charge is 2.08. The van der Waals surface area contributed by atoms with Gasteiger partial charge in [-0.1, -0.05) is 24.3 Å². The molecule has 0 heterocycles. The second kappa shape index (κ2) is 10.5. The van der Waals surface area contributed by atoms with Gasteiger partial charge in [-0.3, -0.25) is 4.79 Å². The van der Waals surface area contributed by atoms with Gasteiger partial charge in [-0.25, -0.2) is 0 Å². The second-order valence-corrected chi connectivity index (χ2v) is 5.16. The van der Waals surface area contributed by atoms with Crippen molar-refractivity contribution in [3.05, 3.63) is 54.1 Å². The van der Waals surface area contributed by atoms with Gasteiger partial charge in [0.25, 0.3) is 0 Å². The number of anilines is 2. The van der Waals surface area contributed by atoms with Crippen LogP contribution in [0.15, 0.2) is 48.5 Å². The molecular formula is C18H23ClN2O3. The Balaban J connectivity index is 0.00000288. The first-order valence-corrected chi connectivity index (χ1v) is 7.54. The third kappa shape index (κ3) is 6.48. The van der Waals surface area contributed by atoms with Crippen molar-refractivity contribution in [1.29, 1.82) is 0 Å². The van der Waals surface area contributed by atoms with Crippen LogP contribution in [0.2, 0.25) is 0 Å². The number of nitrogen functional groups attached to an aromatic ring is 1. The predicted molar refractivity (Wildman–Crippen MR) is 98.9 cm³/mol. The molecule has 2 aromatic rings. The number of carbonyl (C=O) groups is 1. The number of nitrogens with two attached hydrogens (primary N) is 1. The lowest BCUT2D eigenvalue weighted by Gasteiger charge is -2.12. The Labute approximate surface area is 148 Å². The van der Waals surface area contributed by atoms with Crippen LogP contribution in [-0.4, -0.2) is 26.2 Å². The zero-order chi connectivity index (χ0) is 16.5. The van der Waals surface area contributed by atoms with Crippen LogP contribution in [0.1, 0.15) is 12.0 Å². The molecule has 0 bridgehead atoms. The summed E-state index contributed by atoms with van der Waals surface area (Å²) in [5.41, 5.74) is 7.91. The van der Waals surface area contributed by atoms with Crippen molar-refractivity contribution in [2.24, 2.45) is 0 Å². The van der Waals surface area contributed by atoms with E-state index in [1.54, 1.807) is 19.2 Å². The van der Waals surface area contributed by atoms with Crippen LogP contribution in [0.3, 0.4) is 0 Å². The highest BCUT2D eigenvalue weighted by Crippen LogP contribution is 2.24. The molecular weight excluding hydrogens is 328 g/mol. The highest BCUT2D eigenvalue weighted by atomic mass is 35.5. The minimum Gasteiger partial charge on any atom is -0.491 e. The van der Waals surface area contributed by atoms with Crippen LogP contribution in [0.25, 0.3) is 0 Å². The Morgan fingerprint density at radius 1 is 1.08 bits per heavy atom. The molecule has 130 valence electrons. The zero-order valence-corrected chi connectivity index (χ0v) is 14.5. The van der Waals surface area contributed by atoms with E-state index in [0.717, 1.165) is 12.0 Å². The standard InChI is InChI=1S/C18H22N2O3.ClH/c1-22-11-4-12-23-17-6-3-2-5-16(17)20-18(21)13-14-7-9-15(19)10-8-14;/h2-3,5-10H,4,11-13,19H2,1H3,(H,20,21);1H. The molecule has 2 aromatic carbocycles. The summed E-state index contributed by atoms with van der Waals surface area (Å²) in [7, 11) is 1.66. The van der Waals surface area contributed by atoms with E-state index < -0.39 is 0 Å². The molecule has 0 aliphatic carbocycles. The van der Waals surface area contributed by atoms with E-state index in [2.05, 4.69) is 5.32 Å². The van der Waals surface area contributed by atoms with Crippen molar-refractivity contribution in [3.63, 3.8) is 0 Å². The molecule has 3 N–H and O–H groups in total. The van der Waals surface area contributed by atoms with E-state index in [-0.39, 0.29) is 24.7 Å². The van der Waals surface area contributed by atoms with Gasteiger partial charge in [0.15, 0.2) is 0 Å². The minimum absolute atomic E-state index is 0. The monoisotopic (exact) mass is 350 g/mol. The van der Waals surface area contributed by atoms with Crippen molar-refractivity contribution in [2.45, 2.75) is 12.8 Å². The van der Waals surface area contributed by atoms with Crippen LogP contribution in [0, 0.1) is 0 Å². The largest absolute Gasteiger partial charge is 0.491 e. The van der Waals surface area contributed by atoms with Gasteiger partial charge in [0.05, 0.1) is 18.7 Å². The second-order valence-electron chi connectivity index (χ2n) is 5.16. The third-order valence-electron chi connectivity index (χ3n) is 3.26. The summed E-state index contributed by atoms with van der Waals surface area (Å²) in [5, 5.41) is 2.89. The highest BCUT2D eigenvalue weighted by molar-refractivity contribution is 5.93. The van der Waals surface area contributed by atoms with E-state index in [4.69, 9.17) is 15.2 Å². The van der Waals surface area contributed by atoms with Crippen molar-refractivity contribution < 1.29 is 14.3 Å². The molecule has 0 unspecified atom stereocenters. The molecule has 0 saturated carbocycles. The summed E-state index contributed by atoms with van der Waals surface area (Å²) in [6.45, 7) is 1.18. The maximum atomic E-state index is 12.2. The van der Waals surface area contributed by atoms with Crippen molar-refractivity contribution >= 4 is 29.7 Å². The molecule has 0 atom stereocenters. The van der Waals surface area contributed by atoms with Crippen LogP contribution >= 0.6 is 12.4 Å². The lowest BCUT2D eigenvalue weighted by atomic mass is 10.1. The smallest absolute Gasteiger partial charge is 0.228 e. The molecule has 0 aromatic heterocycles. The van der Waals surface area contributed by atoms with E-state index in [1.807, 2.05) is 36.4 Å². The molecule has 6 heteroatoms. The van der Waals surface area contributed by atoms with Crippen LogP contribution < -0.4 is 15.8 Å². The summed E-state index contributed by atoms with van der Waals surface area (Å²) in [6, 6.07) is 14.7. The number of para-hydroxylation sites is 2. The quantitative estimate of drug-likeness (QED) is 0.566. The van der Waals surface area contributed by atoms with Crippen molar-refractivity contribution in [3.8, 4) is 5.75 Å². The SMILES string of the molecule is COCCCOc1ccccc1NC(=O)Cc1ccc(N)cc1.Cl. The van der Waals surface area contributed by atoms with E-state index in [0.29, 0.717) is 30.3 Å². The number of methoxy groups -OCH3 is 1. The fourth-order valence-electron chi connectivity index (χ4n) is 2.10. The van der Waals surface area contributed by atoms with Gasteiger partial charge in [0, 0.05) is 25.8 Å². The first kappa shape index (κ1) is 19.8. The number of amides is 1. The maximum Gasteiger partial charge on any atom is 0.228 e. The van der Waals surface area contributed by atoms with Gasteiger partial charge in [-0.15, -0.1) is 12.4 Å². The number of halogens is 1. The number of hydrogen-bond donors (Lipinski definition) is 2. The summed E-state index contributed by atoms with van der Waals surface area (Å²) in [6.07, 6.45) is 1.09. The number of benzene rings is 2. The lowest BCUT2D eigenvalue weighted by Crippen LogP contribution is -2.15. The summed E-state index contributed by atoms with van der Waals surface area (Å²) < 4.78 is 10.7. The maximum absolute atomic E-state index is 12.2. The Hall–Kier alpha value is -2.24. The number of carbonyl (C=O) groups excluding carboxylic acids is 1. The van der Waals surface area contributed by atoms with Gasteiger partial charge < -0.3 is 20.5 Å². The van der Waals surface area contributed by atoms with Gasteiger partial charge in [-0.05, 0) is 29.8 Å². The normalized spacial score (nSPS) is 9.88. The molecule has 0 aliphatic heterocycles. The van der Waals surface area contributed by atoms with Crippen LogP contribution in [0.4, 0.5) is 11.4 Å². The number of hydrogen-bond acceptors (Lipinski definition) is 4. The average Bonchev–Trinajstić information content (AvgIpc) is 2.55. The van der Waals surface area contributed by atoms with Crippen molar-refractivity contribution in [1.82, 2.24) is 0 Å². The summed E-state index contributed by atoms with van der Waals surface area (Å²) in [5.74, 6) is 0.567. The molecule has 1 amide bonds. The Morgan fingerprint density at radius 2 is 1.79 bits per heavy atom. The van der Waals surface area contributed by atoms with E-state index in [1.165, 1.54) is 0 Å². The minimum atomic E-state index is -0.0947. The van der Waals surface area contributed by atoms with E-state index >= 15 is 0 Å². The van der Waals surface area contributed by atoms with Gasteiger partial charge >= 0.3 is 0 Å². The molecule has 0 fully saturated rings. The molecule has 0 spiro atoms. The average molecular weight is 351 g/mol. The molecule has 24 heavy (non-hydrogen) atoms. The van der Waals surface area contributed by atoms with Gasteiger partial charge in [-0.2, -0.15) is 0 Å². The Bertz CT molecular complexity index is 632. The number of ether oxygens (including phenoxy) is 2. The van der Waals surface area contributed by atoms with E-state index in [9.17, 15) is 4.79 Å². The fraction of sp³-hybridized carbons (Fsp3) is 0.278. The fourth-order valence-corrected chi connectivity index (χ4v) is 2.10. The first-order chi connectivity index (χ1) is 11.2. The Morgan fingerprint density at radius 3 is 2.50 bits per heavy atom. The zero-order valence-electron chi connectivity index (χ0n) is 13.7. The summed E-state index contributed by atoms with van der Waals surface area (Å²) in [4.78, 5) is 12.2. The predicted octanol–water partition coefficient (Wildman–Crippen LogP) is 3.29. The first-order valence-electron chi connectivity index (χ1n) is 7.54. The molecule has 0 radical (unpaired) electrons. The molecule has 2 rings (SSSR count). The number of rotatable bonds is 8. The van der Waals surface area contributed by atoms with Gasteiger partial charge in [0.1, 0.15) is 5.75 Å². The number of nitrogens with one attached hydrogen (secondary N) is 1.